The molecule has 0 aliphatic heterocycles. The summed E-state index contributed by atoms with van der Waals surface area (Å²) in [4.78, 5) is 3.29. The summed E-state index contributed by atoms with van der Waals surface area (Å²) in [6, 6.07) is 8.33. The van der Waals surface area contributed by atoms with Gasteiger partial charge < -0.3 is 10.1 Å². The van der Waals surface area contributed by atoms with E-state index >= 15 is 0 Å². The third kappa shape index (κ3) is 2.49. The molecule has 0 aliphatic carbocycles. The molecule has 0 spiro atoms. The molecule has 0 saturated heterocycles. The highest BCUT2D eigenvalue weighted by atomic mass is 16.3. The Labute approximate surface area is 109 Å². The van der Waals surface area contributed by atoms with Gasteiger partial charge in [0.05, 0.1) is 6.10 Å². The van der Waals surface area contributed by atoms with Gasteiger partial charge >= 0.3 is 0 Å². The van der Waals surface area contributed by atoms with Gasteiger partial charge in [0.25, 0.3) is 0 Å². The molecule has 2 heteroatoms. The van der Waals surface area contributed by atoms with E-state index in [9.17, 15) is 5.11 Å². The van der Waals surface area contributed by atoms with Crippen molar-refractivity contribution in [1.29, 1.82) is 0 Å². The highest BCUT2D eigenvalue weighted by Gasteiger charge is 2.15. The molecule has 0 aliphatic rings. The lowest BCUT2D eigenvalue weighted by molar-refractivity contribution is 0.173. The lowest BCUT2D eigenvalue weighted by Crippen LogP contribution is -2.04. The second-order valence-electron chi connectivity index (χ2n) is 5.12. The molecule has 2 rings (SSSR count). The fraction of sp³-hybridized carbons (Fsp3) is 0.375. The third-order valence-corrected chi connectivity index (χ3v) is 3.73. The van der Waals surface area contributed by atoms with Crippen LogP contribution in [-0.4, -0.2) is 10.1 Å². The predicted molar refractivity (Wildman–Crippen MR) is 74.8 cm³/mol. The van der Waals surface area contributed by atoms with Crippen LogP contribution in [0.1, 0.15) is 39.7 Å². The minimum atomic E-state index is -0.458. The molecule has 1 atom stereocenters. The molecule has 2 aromatic rings. The van der Waals surface area contributed by atoms with Crippen LogP contribution in [0.4, 0.5) is 0 Å². The number of aromatic nitrogens is 1. The van der Waals surface area contributed by atoms with Crippen molar-refractivity contribution >= 4 is 0 Å². The number of aliphatic hydroxyl groups is 1. The number of aromatic amines is 1. The number of aryl methyl sites for hydroxylation is 2. The lowest BCUT2D eigenvalue weighted by Gasteiger charge is -2.11. The van der Waals surface area contributed by atoms with E-state index in [0.717, 1.165) is 17.0 Å². The zero-order valence-electron chi connectivity index (χ0n) is 11.5. The second-order valence-corrected chi connectivity index (χ2v) is 5.12. The van der Waals surface area contributed by atoms with Crippen molar-refractivity contribution in [1.82, 2.24) is 4.98 Å². The Kier molecular flexibility index (Phi) is 3.58. The zero-order chi connectivity index (χ0) is 13.3. The molecule has 0 fully saturated rings. The summed E-state index contributed by atoms with van der Waals surface area (Å²) in [7, 11) is 0. The first-order valence-corrected chi connectivity index (χ1v) is 6.38. The number of H-pyrrole nitrogens is 1. The Morgan fingerprint density at radius 2 is 1.61 bits per heavy atom. The van der Waals surface area contributed by atoms with E-state index in [1.807, 2.05) is 6.92 Å². The van der Waals surface area contributed by atoms with Gasteiger partial charge in [-0.05, 0) is 44.4 Å². The van der Waals surface area contributed by atoms with Crippen LogP contribution in [0.15, 0.2) is 24.3 Å². The number of aliphatic hydroxyl groups excluding tert-OH is 1. The maximum atomic E-state index is 10.3. The molecule has 0 amide bonds. The van der Waals surface area contributed by atoms with Crippen molar-refractivity contribution in [3.05, 3.63) is 57.9 Å². The summed E-state index contributed by atoms with van der Waals surface area (Å²) in [5.41, 5.74) is 6.92. The van der Waals surface area contributed by atoms with Crippen LogP contribution >= 0.6 is 0 Å². The Balaban J connectivity index is 2.19. The quantitative estimate of drug-likeness (QED) is 0.850. The predicted octanol–water partition coefficient (Wildman–Crippen LogP) is 3.52. The average molecular weight is 243 g/mol. The number of nitrogens with one attached hydrogen (secondary N) is 1. The number of rotatable bonds is 3. The molecule has 96 valence electrons. The number of hydrogen-bond donors (Lipinski definition) is 2. The smallest absolute Gasteiger partial charge is 0.0980 e. The Hall–Kier alpha value is -1.54. The number of benzene rings is 1. The maximum absolute atomic E-state index is 10.3. The zero-order valence-corrected chi connectivity index (χ0v) is 11.5. The van der Waals surface area contributed by atoms with Gasteiger partial charge in [0.2, 0.25) is 0 Å². The second kappa shape index (κ2) is 4.99. The molecule has 1 heterocycles. The van der Waals surface area contributed by atoms with E-state index in [0.29, 0.717) is 6.42 Å². The van der Waals surface area contributed by atoms with Crippen LogP contribution in [0.5, 0.6) is 0 Å². The fourth-order valence-electron chi connectivity index (χ4n) is 2.26. The molecule has 2 nitrogen and oxygen atoms in total. The maximum Gasteiger partial charge on any atom is 0.0980 e. The van der Waals surface area contributed by atoms with E-state index in [1.165, 1.54) is 16.7 Å². The minimum absolute atomic E-state index is 0.458. The van der Waals surface area contributed by atoms with Crippen molar-refractivity contribution in [2.45, 2.75) is 40.2 Å². The Morgan fingerprint density at radius 1 is 1.00 bits per heavy atom. The molecule has 1 aromatic carbocycles. The van der Waals surface area contributed by atoms with Gasteiger partial charge in [0, 0.05) is 17.8 Å². The molecule has 18 heavy (non-hydrogen) atoms. The molecule has 1 aromatic heterocycles. The van der Waals surface area contributed by atoms with Crippen LogP contribution in [0, 0.1) is 27.7 Å². The van der Waals surface area contributed by atoms with Gasteiger partial charge in [0.15, 0.2) is 0 Å². The molecular weight excluding hydrogens is 222 g/mol. The van der Waals surface area contributed by atoms with E-state index in [2.05, 4.69) is 50.0 Å². The Bertz CT molecular complexity index is 537. The molecule has 0 saturated carbocycles. The summed E-state index contributed by atoms with van der Waals surface area (Å²) < 4.78 is 0. The Morgan fingerprint density at radius 3 is 2.11 bits per heavy atom. The van der Waals surface area contributed by atoms with E-state index in [1.54, 1.807) is 0 Å². The SMILES string of the molecule is Cc1ccc(CC(O)c2[nH]c(C)c(C)c2C)cc1. The summed E-state index contributed by atoms with van der Waals surface area (Å²) in [6.45, 7) is 8.27. The monoisotopic (exact) mass is 243 g/mol. The lowest BCUT2D eigenvalue weighted by atomic mass is 10.0. The minimum Gasteiger partial charge on any atom is -0.387 e. The van der Waals surface area contributed by atoms with Crippen LogP contribution in [0.25, 0.3) is 0 Å². The first-order valence-electron chi connectivity index (χ1n) is 6.38. The molecule has 0 bridgehead atoms. The van der Waals surface area contributed by atoms with Crippen molar-refractivity contribution in [3.8, 4) is 0 Å². The summed E-state index contributed by atoms with van der Waals surface area (Å²) in [5.74, 6) is 0. The van der Waals surface area contributed by atoms with Crippen LogP contribution in [0.3, 0.4) is 0 Å². The first kappa shape index (κ1) is 12.9. The van der Waals surface area contributed by atoms with Crippen molar-refractivity contribution in [2.75, 3.05) is 0 Å². The van der Waals surface area contributed by atoms with Crippen LogP contribution in [-0.2, 0) is 6.42 Å². The normalized spacial score (nSPS) is 12.7. The molecule has 1 unspecified atom stereocenters. The van der Waals surface area contributed by atoms with Crippen molar-refractivity contribution in [3.63, 3.8) is 0 Å². The summed E-state index contributed by atoms with van der Waals surface area (Å²) in [5, 5.41) is 10.3. The van der Waals surface area contributed by atoms with Gasteiger partial charge in [-0.2, -0.15) is 0 Å². The van der Waals surface area contributed by atoms with E-state index < -0.39 is 6.10 Å². The van der Waals surface area contributed by atoms with Gasteiger partial charge in [0.1, 0.15) is 0 Å². The summed E-state index contributed by atoms with van der Waals surface area (Å²) >= 11 is 0. The first-order chi connectivity index (χ1) is 8.49. The number of hydrogen-bond acceptors (Lipinski definition) is 1. The van der Waals surface area contributed by atoms with Crippen molar-refractivity contribution in [2.24, 2.45) is 0 Å². The van der Waals surface area contributed by atoms with E-state index in [-0.39, 0.29) is 0 Å². The summed E-state index contributed by atoms with van der Waals surface area (Å²) in [6.07, 6.45) is 0.195. The molecular formula is C16H21NO. The van der Waals surface area contributed by atoms with Gasteiger partial charge in [-0.15, -0.1) is 0 Å². The third-order valence-electron chi connectivity index (χ3n) is 3.73. The highest BCUT2D eigenvalue weighted by molar-refractivity contribution is 5.36. The largest absolute Gasteiger partial charge is 0.387 e. The van der Waals surface area contributed by atoms with Gasteiger partial charge in [-0.3, -0.25) is 0 Å². The fourth-order valence-corrected chi connectivity index (χ4v) is 2.26. The van der Waals surface area contributed by atoms with Gasteiger partial charge in [-0.1, -0.05) is 29.8 Å². The van der Waals surface area contributed by atoms with E-state index in [4.69, 9.17) is 0 Å². The van der Waals surface area contributed by atoms with Crippen LogP contribution in [0.2, 0.25) is 0 Å². The standard InChI is InChI=1S/C16H21NO/c1-10-5-7-14(8-6-10)9-15(18)16-12(3)11(2)13(4)17-16/h5-8,15,17-18H,9H2,1-4H3. The topological polar surface area (TPSA) is 36.0 Å². The van der Waals surface area contributed by atoms with Crippen molar-refractivity contribution < 1.29 is 5.11 Å². The highest BCUT2D eigenvalue weighted by Crippen LogP contribution is 2.25. The molecule has 2 N–H and O–H groups in total. The average Bonchev–Trinajstić information content (AvgIpc) is 2.60. The molecule has 0 radical (unpaired) electrons. The van der Waals surface area contributed by atoms with Gasteiger partial charge in [-0.25, -0.2) is 0 Å². The van der Waals surface area contributed by atoms with Crippen LogP contribution < -0.4 is 0 Å².